The van der Waals surface area contributed by atoms with Crippen LogP contribution in [0, 0.1) is 6.92 Å². The van der Waals surface area contributed by atoms with E-state index in [2.05, 4.69) is 45.2 Å². The van der Waals surface area contributed by atoms with Crippen molar-refractivity contribution in [3.05, 3.63) is 35.2 Å². The molecule has 0 saturated heterocycles. The van der Waals surface area contributed by atoms with E-state index in [4.69, 9.17) is 9.97 Å². The summed E-state index contributed by atoms with van der Waals surface area (Å²) in [5.41, 5.74) is 5.54. The molecule has 0 spiro atoms. The van der Waals surface area contributed by atoms with Crippen molar-refractivity contribution in [3.8, 4) is 0 Å². The van der Waals surface area contributed by atoms with Gasteiger partial charge in [0.2, 0.25) is 0 Å². The Balaban J connectivity index is 2.42. The number of hydrogen-bond donors (Lipinski definition) is 0. The maximum Gasteiger partial charge on any atom is 0.0893 e. The molecule has 0 atom stereocenters. The second kappa shape index (κ2) is 6.62. The average molecular weight is 292 g/mol. The van der Waals surface area contributed by atoms with Crippen molar-refractivity contribution in [1.82, 2.24) is 9.97 Å². The predicted octanol–water partition coefficient (Wildman–Crippen LogP) is 4.44. The minimum Gasteiger partial charge on any atom is -0.248 e. The fraction of sp³-hybridized carbons (Fsp3) is 0.467. The maximum atomic E-state index is 4.83. The van der Waals surface area contributed by atoms with E-state index < -0.39 is 0 Å². The SMILES string of the molecule is CSCc1nc2ccc(C)cc2nc1CSC(C)C. The van der Waals surface area contributed by atoms with Crippen LogP contribution in [0.3, 0.4) is 0 Å². The van der Waals surface area contributed by atoms with Crippen LogP contribution in [0.15, 0.2) is 18.2 Å². The maximum absolute atomic E-state index is 4.83. The first-order valence-electron chi connectivity index (χ1n) is 6.47. The highest BCUT2D eigenvalue weighted by molar-refractivity contribution is 7.99. The fourth-order valence-electron chi connectivity index (χ4n) is 1.85. The largest absolute Gasteiger partial charge is 0.248 e. The number of benzene rings is 1. The molecule has 0 N–H and O–H groups in total. The van der Waals surface area contributed by atoms with Crippen molar-refractivity contribution in [2.24, 2.45) is 0 Å². The zero-order valence-electron chi connectivity index (χ0n) is 11.9. The Bertz CT molecular complexity index is 567. The van der Waals surface area contributed by atoms with Crippen LogP contribution < -0.4 is 0 Å². The normalized spacial score (nSPS) is 11.4. The smallest absolute Gasteiger partial charge is 0.0893 e. The summed E-state index contributed by atoms with van der Waals surface area (Å²) in [6.07, 6.45) is 2.11. The van der Waals surface area contributed by atoms with E-state index in [1.807, 2.05) is 11.8 Å². The molecule has 0 saturated carbocycles. The molecule has 4 heteroatoms. The van der Waals surface area contributed by atoms with Crippen molar-refractivity contribution in [3.63, 3.8) is 0 Å². The van der Waals surface area contributed by atoms with Crippen LogP contribution in [-0.4, -0.2) is 21.5 Å². The molecule has 2 aromatic rings. The first-order chi connectivity index (χ1) is 9.10. The Labute approximate surface area is 123 Å². The summed E-state index contributed by atoms with van der Waals surface area (Å²) < 4.78 is 0. The molecule has 0 aliphatic rings. The molecule has 0 aliphatic carbocycles. The van der Waals surface area contributed by atoms with Gasteiger partial charge in [0.25, 0.3) is 0 Å². The third kappa shape index (κ3) is 3.86. The summed E-state index contributed by atoms with van der Waals surface area (Å²) in [7, 11) is 0. The summed E-state index contributed by atoms with van der Waals surface area (Å²) in [6.45, 7) is 6.54. The Morgan fingerprint density at radius 2 is 1.74 bits per heavy atom. The van der Waals surface area contributed by atoms with Gasteiger partial charge in [0.15, 0.2) is 0 Å². The Morgan fingerprint density at radius 1 is 1.05 bits per heavy atom. The van der Waals surface area contributed by atoms with Crippen molar-refractivity contribution in [1.29, 1.82) is 0 Å². The number of nitrogens with zero attached hydrogens (tertiary/aromatic N) is 2. The van der Waals surface area contributed by atoms with Crippen LogP contribution in [0.5, 0.6) is 0 Å². The van der Waals surface area contributed by atoms with Gasteiger partial charge in [-0.1, -0.05) is 19.9 Å². The number of thioether (sulfide) groups is 2. The van der Waals surface area contributed by atoms with Gasteiger partial charge in [-0.05, 0) is 36.1 Å². The lowest BCUT2D eigenvalue weighted by Gasteiger charge is -2.10. The monoisotopic (exact) mass is 292 g/mol. The van der Waals surface area contributed by atoms with Crippen LogP contribution in [0.1, 0.15) is 30.8 Å². The molecule has 0 aliphatic heterocycles. The second-order valence-corrected chi connectivity index (χ2v) is 7.33. The first kappa shape index (κ1) is 14.7. The van der Waals surface area contributed by atoms with E-state index >= 15 is 0 Å². The lowest BCUT2D eigenvalue weighted by atomic mass is 10.2. The molecule has 19 heavy (non-hydrogen) atoms. The number of hydrogen-bond acceptors (Lipinski definition) is 4. The molecule has 1 aromatic carbocycles. The number of aromatic nitrogens is 2. The second-order valence-electron chi connectivity index (χ2n) is 4.90. The number of rotatable bonds is 5. The molecule has 0 amide bonds. The van der Waals surface area contributed by atoms with Crippen LogP contribution in [0.4, 0.5) is 0 Å². The Kier molecular flexibility index (Phi) is 5.11. The van der Waals surface area contributed by atoms with Crippen molar-refractivity contribution in [2.75, 3.05) is 6.26 Å². The van der Waals surface area contributed by atoms with Gasteiger partial charge in [0, 0.05) is 11.5 Å². The number of aryl methyl sites for hydroxylation is 1. The van der Waals surface area contributed by atoms with Gasteiger partial charge < -0.3 is 0 Å². The fourth-order valence-corrected chi connectivity index (χ4v) is 3.08. The molecule has 0 radical (unpaired) electrons. The van der Waals surface area contributed by atoms with Gasteiger partial charge in [-0.25, -0.2) is 9.97 Å². The van der Waals surface area contributed by atoms with E-state index in [0.717, 1.165) is 33.9 Å². The third-order valence-corrected chi connectivity index (χ3v) is 4.48. The highest BCUT2D eigenvalue weighted by Gasteiger charge is 2.09. The summed E-state index contributed by atoms with van der Waals surface area (Å²) in [6, 6.07) is 6.29. The van der Waals surface area contributed by atoms with Gasteiger partial charge in [0.05, 0.1) is 22.4 Å². The summed E-state index contributed by atoms with van der Waals surface area (Å²) >= 11 is 3.73. The highest BCUT2D eigenvalue weighted by atomic mass is 32.2. The molecule has 102 valence electrons. The standard InChI is InChI=1S/C15H20N2S2/c1-10(2)19-9-15-14(8-18-4)16-12-6-5-11(3)7-13(12)17-15/h5-7,10H,8-9H2,1-4H3. The molecule has 1 heterocycles. The first-order valence-corrected chi connectivity index (χ1v) is 8.91. The van der Waals surface area contributed by atoms with Crippen LogP contribution in [-0.2, 0) is 11.5 Å². The van der Waals surface area contributed by atoms with Gasteiger partial charge in [-0.15, -0.1) is 0 Å². The summed E-state index contributed by atoms with van der Waals surface area (Å²) in [4.78, 5) is 9.62. The van der Waals surface area contributed by atoms with Gasteiger partial charge >= 0.3 is 0 Å². The molecular formula is C15H20N2S2. The molecular weight excluding hydrogens is 272 g/mol. The van der Waals surface area contributed by atoms with Crippen molar-refractivity contribution in [2.45, 2.75) is 37.5 Å². The summed E-state index contributed by atoms with van der Waals surface area (Å²) in [5.74, 6) is 1.88. The van der Waals surface area contributed by atoms with Gasteiger partial charge in [-0.3, -0.25) is 0 Å². The molecule has 1 aromatic heterocycles. The average Bonchev–Trinajstić information content (AvgIpc) is 2.36. The molecule has 2 rings (SSSR count). The van der Waals surface area contributed by atoms with Gasteiger partial charge in [-0.2, -0.15) is 23.5 Å². The van der Waals surface area contributed by atoms with E-state index in [1.54, 1.807) is 11.8 Å². The quantitative estimate of drug-likeness (QED) is 0.813. The van der Waals surface area contributed by atoms with Crippen molar-refractivity contribution >= 4 is 34.6 Å². The highest BCUT2D eigenvalue weighted by Crippen LogP contribution is 2.23. The topological polar surface area (TPSA) is 25.8 Å². The molecule has 0 bridgehead atoms. The van der Waals surface area contributed by atoms with Crippen LogP contribution in [0.25, 0.3) is 11.0 Å². The van der Waals surface area contributed by atoms with E-state index in [0.29, 0.717) is 5.25 Å². The lowest BCUT2D eigenvalue weighted by molar-refractivity contribution is 1.05. The zero-order chi connectivity index (χ0) is 13.8. The van der Waals surface area contributed by atoms with Crippen LogP contribution in [0.2, 0.25) is 0 Å². The molecule has 0 fully saturated rings. The third-order valence-electron chi connectivity index (χ3n) is 2.81. The molecule has 2 nitrogen and oxygen atoms in total. The van der Waals surface area contributed by atoms with E-state index in [1.165, 1.54) is 5.56 Å². The number of fused-ring (bicyclic) bond motifs is 1. The lowest BCUT2D eigenvalue weighted by Crippen LogP contribution is -2.02. The Hall–Kier alpha value is -0.740. The van der Waals surface area contributed by atoms with Gasteiger partial charge in [0.1, 0.15) is 0 Å². The predicted molar refractivity (Wildman–Crippen MR) is 87.9 cm³/mol. The van der Waals surface area contributed by atoms with E-state index in [-0.39, 0.29) is 0 Å². The Morgan fingerprint density at radius 3 is 2.42 bits per heavy atom. The van der Waals surface area contributed by atoms with E-state index in [9.17, 15) is 0 Å². The zero-order valence-corrected chi connectivity index (χ0v) is 13.6. The summed E-state index contributed by atoms with van der Waals surface area (Å²) in [5, 5.41) is 0.622. The molecule has 0 unspecified atom stereocenters. The minimum atomic E-state index is 0.622. The minimum absolute atomic E-state index is 0.622. The van der Waals surface area contributed by atoms with Crippen LogP contribution >= 0.6 is 23.5 Å². The van der Waals surface area contributed by atoms with Crippen molar-refractivity contribution < 1.29 is 0 Å².